The van der Waals surface area contributed by atoms with Gasteiger partial charge in [-0.05, 0) is 85.1 Å². The van der Waals surface area contributed by atoms with E-state index in [4.69, 9.17) is 5.26 Å². The summed E-state index contributed by atoms with van der Waals surface area (Å²) in [6.07, 6.45) is 6.14. The number of fused-ring (bicyclic) bond motifs is 2. The average Bonchev–Trinajstić information content (AvgIpc) is 3.45. The van der Waals surface area contributed by atoms with Crippen LogP contribution in [0.5, 0.6) is 0 Å². The summed E-state index contributed by atoms with van der Waals surface area (Å²) in [5.41, 5.74) is 7.39. The molecule has 0 atom stereocenters. The SMILES string of the molecule is CN1CCc2sc(SNC(=O)Nc3c(-c4ccnc(CC#N)c4)ccc4c3CCC4)cc2C1. The molecule has 2 N–H and O–H groups in total. The molecule has 6 nitrogen and oxygen atoms in total. The van der Waals surface area contributed by atoms with Gasteiger partial charge in [-0.15, -0.1) is 11.3 Å². The number of anilines is 1. The largest absolute Gasteiger partial charge is 0.329 e. The van der Waals surface area contributed by atoms with Gasteiger partial charge >= 0.3 is 6.03 Å². The molecule has 3 heterocycles. The summed E-state index contributed by atoms with van der Waals surface area (Å²) in [5.74, 6) is 0. The topological polar surface area (TPSA) is 81.1 Å². The smallest absolute Gasteiger partial charge is 0.306 e. The highest BCUT2D eigenvalue weighted by Crippen LogP contribution is 2.38. The maximum atomic E-state index is 12.9. The number of nitriles is 1. The molecule has 0 fully saturated rings. The van der Waals surface area contributed by atoms with Gasteiger partial charge in [-0.2, -0.15) is 5.26 Å². The van der Waals surface area contributed by atoms with Crippen LogP contribution in [-0.4, -0.2) is 29.5 Å². The lowest BCUT2D eigenvalue weighted by Gasteiger charge is -2.21. The minimum absolute atomic E-state index is 0.226. The first-order valence-corrected chi connectivity index (χ1v) is 12.7. The second-order valence-electron chi connectivity index (χ2n) is 8.51. The number of carbonyl (C=O) groups excluding carboxylic acids is 1. The van der Waals surface area contributed by atoms with Gasteiger partial charge in [0, 0.05) is 29.7 Å². The quantitative estimate of drug-likeness (QED) is 0.497. The molecule has 0 unspecified atom stereocenters. The van der Waals surface area contributed by atoms with E-state index in [2.05, 4.69) is 51.2 Å². The van der Waals surface area contributed by atoms with E-state index in [9.17, 15) is 4.79 Å². The molecule has 2 aromatic heterocycles. The molecule has 0 spiro atoms. The molecular weight excluding hydrogens is 450 g/mol. The monoisotopic (exact) mass is 475 g/mol. The Bertz CT molecular complexity index is 1250. The number of nitrogens with one attached hydrogen (secondary N) is 2. The van der Waals surface area contributed by atoms with E-state index in [1.807, 2.05) is 12.1 Å². The average molecular weight is 476 g/mol. The minimum Gasteiger partial charge on any atom is -0.306 e. The number of hydrogen-bond donors (Lipinski definition) is 2. The molecule has 3 aromatic rings. The highest BCUT2D eigenvalue weighted by molar-refractivity contribution is 7.99. The number of carbonyl (C=O) groups is 1. The Morgan fingerprint density at radius 2 is 2.15 bits per heavy atom. The van der Waals surface area contributed by atoms with Crippen molar-refractivity contribution in [1.29, 1.82) is 5.26 Å². The summed E-state index contributed by atoms with van der Waals surface area (Å²) < 4.78 is 4.09. The Morgan fingerprint density at radius 3 is 3.03 bits per heavy atom. The van der Waals surface area contributed by atoms with E-state index in [0.717, 1.165) is 65.5 Å². The lowest BCUT2D eigenvalue weighted by molar-refractivity contribution is 0.257. The van der Waals surface area contributed by atoms with Crippen LogP contribution in [0.15, 0.2) is 40.7 Å². The van der Waals surface area contributed by atoms with Crippen molar-refractivity contribution >= 4 is 35.0 Å². The first-order valence-electron chi connectivity index (χ1n) is 11.1. The lowest BCUT2D eigenvalue weighted by atomic mass is 9.97. The number of benzene rings is 1. The van der Waals surface area contributed by atoms with Crippen LogP contribution in [0.2, 0.25) is 0 Å². The number of urea groups is 1. The van der Waals surface area contributed by atoms with Gasteiger partial charge in [0.25, 0.3) is 0 Å². The first kappa shape index (κ1) is 22.0. The van der Waals surface area contributed by atoms with Gasteiger partial charge < -0.3 is 10.2 Å². The molecule has 0 bridgehead atoms. The van der Waals surface area contributed by atoms with E-state index in [-0.39, 0.29) is 12.5 Å². The van der Waals surface area contributed by atoms with Crippen LogP contribution in [0.25, 0.3) is 11.1 Å². The fraction of sp³-hybridized carbons (Fsp3) is 0.320. The Morgan fingerprint density at radius 1 is 1.24 bits per heavy atom. The minimum atomic E-state index is -0.226. The van der Waals surface area contributed by atoms with Gasteiger partial charge in [-0.3, -0.25) is 9.71 Å². The number of hydrogen-bond acceptors (Lipinski definition) is 6. The Balaban J connectivity index is 1.35. The van der Waals surface area contributed by atoms with Crippen molar-refractivity contribution in [3.8, 4) is 17.2 Å². The number of aromatic nitrogens is 1. The van der Waals surface area contributed by atoms with Crippen LogP contribution >= 0.6 is 23.3 Å². The molecule has 0 saturated heterocycles. The van der Waals surface area contributed by atoms with Crippen LogP contribution in [0.3, 0.4) is 0 Å². The van der Waals surface area contributed by atoms with E-state index >= 15 is 0 Å². The Hall–Kier alpha value is -2.86. The predicted octanol–water partition coefficient (Wildman–Crippen LogP) is 5.18. The second-order valence-corrected chi connectivity index (χ2v) is 10.8. The third kappa shape index (κ3) is 4.76. The number of nitrogens with zero attached hydrogens (tertiary/aromatic N) is 3. The molecule has 0 saturated carbocycles. The molecule has 168 valence electrons. The Kier molecular flexibility index (Phi) is 6.36. The molecule has 8 heteroatoms. The number of thiophene rings is 1. The van der Waals surface area contributed by atoms with E-state index in [1.54, 1.807) is 17.5 Å². The van der Waals surface area contributed by atoms with Crippen LogP contribution in [-0.2, 0) is 32.2 Å². The molecule has 1 aromatic carbocycles. The maximum absolute atomic E-state index is 12.9. The van der Waals surface area contributed by atoms with Crippen LogP contribution < -0.4 is 10.0 Å². The standard InChI is InChI=1S/C25H25N5OS2/c1-30-12-9-22-18(15-30)14-23(32-22)33-29-25(31)28-24-20-4-2-3-16(20)5-6-21(24)17-8-11-27-19(13-17)7-10-26/h5-6,8,11,13-14H,2-4,7,9,12,15H2,1H3,(H2,28,29,31). The molecular formula is C25H25N5OS2. The molecule has 1 aliphatic carbocycles. The highest BCUT2D eigenvalue weighted by atomic mass is 32.2. The van der Waals surface area contributed by atoms with Crippen molar-refractivity contribution in [3.05, 3.63) is 63.8 Å². The van der Waals surface area contributed by atoms with Gasteiger partial charge in [0.2, 0.25) is 0 Å². The summed E-state index contributed by atoms with van der Waals surface area (Å²) >= 11 is 3.15. The van der Waals surface area contributed by atoms with E-state index in [0.29, 0.717) is 0 Å². The zero-order chi connectivity index (χ0) is 22.8. The van der Waals surface area contributed by atoms with E-state index in [1.165, 1.54) is 33.5 Å². The second kappa shape index (κ2) is 9.56. The summed E-state index contributed by atoms with van der Waals surface area (Å²) in [7, 11) is 2.14. The van der Waals surface area contributed by atoms with Crippen molar-refractivity contribution in [1.82, 2.24) is 14.6 Å². The molecule has 2 aliphatic rings. The van der Waals surface area contributed by atoms with Crippen molar-refractivity contribution in [3.63, 3.8) is 0 Å². The molecule has 33 heavy (non-hydrogen) atoms. The number of likely N-dealkylation sites (N-methyl/N-ethyl adjacent to an activating group) is 1. The van der Waals surface area contributed by atoms with Gasteiger partial charge in [0.1, 0.15) is 0 Å². The normalized spacial score (nSPS) is 14.9. The van der Waals surface area contributed by atoms with Gasteiger partial charge in [0.15, 0.2) is 0 Å². The van der Waals surface area contributed by atoms with Crippen molar-refractivity contribution < 1.29 is 4.79 Å². The van der Waals surface area contributed by atoms with Crippen molar-refractivity contribution in [2.75, 3.05) is 18.9 Å². The number of amides is 2. The lowest BCUT2D eigenvalue weighted by Crippen LogP contribution is -2.25. The first-order chi connectivity index (χ1) is 16.1. The van der Waals surface area contributed by atoms with Crippen LogP contribution in [0.4, 0.5) is 10.5 Å². The summed E-state index contributed by atoms with van der Waals surface area (Å²) in [5, 5.41) is 12.2. The zero-order valence-corrected chi connectivity index (χ0v) is 20.1. The fourth-order valence-electron chi connectivity index (χ4n) is 4.61. The zero-order valence-electron chi connectivity index (χ0n) is 18.5. The number of pyridine rings is 1. The van der Waals surface area contributed by atoms with Gasteiger partial charge in [0.05, 0.1) is 28.1 Å². The third-order valence-corrected chi connectivity index (χ3v) is 8.33. The van der Waals surface area contributed by atoms with Gasteiger partial charge in [-0.1, -0.05) is 12.1 Å². The van der Waals surface area contributed by atoms with Gasteiger partial charge in [-0.25, -0.2) is 4.79 Å². The number of rotatable bonds is 5. The molecule has 2 amide bonds. The summed E-state index contributed by atoms with van der Waals surface area (Å²) in [6, 6.07) is 12.2. The van der Waals surface area contributed by atoms with Crippen molar-refractivity contribution in [2.24, 2.45) is 0 Å². The predicted molar refractivity (Wildman–Crippen MR) is 133 cm³/mol. The van der Waals surface area contributed by atoms with E-state index < -0.39 is 0 Å². The van der Waals surface area contributed by atoms with Crippen LogP contribution in [0.1, 0.15) is 33.7 Å². The fourth-order valence-corrected chi connectivity index (χ4v) is 6.54. The summed E-state index contributed by atoms with van der Waals surface area (Å²) in [4.78, 5) is 21.0. The highest BCUT2D eigenvalue weighted by Gasteiger charge is 2.21. The molecule has 0 radical (unpaired) electrons. The molecule has 5 rings (SSSR count). The third-order valence-electron chi connectivity index (χ3n) is 6.19. The summed E-state index contributed by atoms with van der Waals surface area (Å²) in [6.45, 7) is 2.05. The maximum Gasteiger partial charge on any atom is 0.329 e. The van der Waals surface area contributed by atoms with Crippen molar-refractivity contribution in [2.45, 2.75) is 42.9 Å². The molecule has 1 aliphatic heterocycles. The number of aryl methyl sites for hydroxylation is 1. The van der Waals surface area contributed by atoms with Crippen LogP contribution in [0, 0.1) is 11.3 Å². The Labute approximate surface area is 202 Å².